The molecule has 0 aromatic rings. The van der Waals surface area contributed by atoms with Crippen LogP contribution in [0.1, 0.15) is 277 Å². The number of hydrogen-bond donors (Lipinski definition) is 7. The standard InChI is InChI=1S/C60H113NO9/c1-3-5-7-9-11-13-15-17-19-20-21-22-23-24-25-26-27-28-29-30-31-32-33-35-37-39-41-43-45-47-49-54(64)59(68)61-52(51-69-60-58(67)57(66)56(65)55(50-62)70-60)53(63)48-46-44-42-40-38-36-34-18-16-14-12-10-8-6-4-2/h24-25,38,40,46,48,52-58,60,62-67H,3-23,26-37,39,41-45,47,49-51H2,1-2H3,(H,61,68)/b25-24-,40-38+,48-46+. The summed E-state index contributed by atoms with van der Waals surface area (Å²) in [4.78, 5) is 13.1. The number of aliphatic hydroxyl groups excluding tert-OH is 6. The Labute approximate surface area is 430 Å². The smallest absolute Gasteiger partial charge is 0.249 e. The minimum Gasteiger partial charge on any atom is -0.394 e. The second kappa shape index (κ2) is 49.6. The van der Waals surface area contributed by atoms with E-state index in [2.05, 4.69) is 43.5 Å². The second-order valence-electron chi connectivity index (χ2n) is 20.9. The van der Waals surface area contributed by atoms with E-state index >= 15 is 0 Å². The van der Waals surface area contributed by atoms with Crippen LogP contribution in [0.2, 0.25) is 0 Å². The average Bonchev–Trinajstić information content (AvgIpc) is 3.36. The summed E-state index contributed by atoms with van der Waals surface area (Å²) in [5.41, 5.74) is 0. The average molecular weight is 993 g/mol. The Bertz CT molecular complexity index is 1210. The van der Waals surface area contributed by atoms with E-state index < -0.39 is 61.5 Å². The number of amides is 1. The van der Waals surface area contributed by atoms with E-state index in [1.807, 2.05) is 6.08 Å². The molecule has 70 heavy (non-hydrogen) atoms. The fraction of sp³-hybridized carbons (Fsp3) is 0.883. The van der Waals surface area contributed by atoms with Gasteiger partial charge in [-0.3, -0.25) is 4.79 Å². The molecule has 8 unspecified atom stereocenters. The molecule has 1 rings (SSSR count). The summed E-state index contributed by atoms with van der Waals surface area (Å²) < 4.78 is 11.2. The number of rotatable bonds is 51. The third-order valence-corrected chi connectivity index (χ3v) is 14.3. The molecule has 0 saturated carbocycles. The zero-order chi connectivity index (χ0) is 51.0. The molecule has 412 valence electrons. The highest BCUT2D eigenvalue weighted by molar-refractivity contribution is 5.80. The van der Waals surface area contributed by atoms with Crippen LogP contribution in [0.5, 0.6) is 0 Å². The van der Waals surface area contributed by atoms with Gasteiger partial charge in [0.15, 0.2) is 6.29 Å². The Morgan fingerprint density at radius 1 is 0.486 bits per heavy atom. The molecule has 0 aromatic carbocycles. The van der Waals surface area contributed by atoms with E-state index in [9.17, 15) is 35.4 Å². The third-order valence-electron chi connectivity index (χ3n) is 14.3. The van der Waals surface area contributed by atoms with Gasteiger partial charge >= 0.3 is 0 Å². The van der Waals surface area contributed by atoms with Crippen molar-refractivity contribution in [3.8, 4) is 0 Å². The van der Waals surface area contributed by atoms with Gasteiger partial charge in [0.2, 0.25) is 5.91 Å². The van der Waals surface area contributed by atoms with Crippen LogP contribution in [0.15, 0.2) is 36.5 Å². The van der Waals surface area contributed by atoms with Crippen LogP contribution < -0.4 is 5.32 Å². The summed E-state index contributed by atoms with van der Waals surface area (Å²) in [7, 11) is 0. The number of nitrogens with one attached hydrogen (secondary N) is 1. The zero-order valence-electron chi connectivity index (χ0n) is 45.4. The summed E-state index contributed by atoms with van der Waals surface area (Å²) in [6, 6.07) is -0.996. The number of aliphatic hydroxyl groups is 6. The molecule has 7 N–H and O–H groups in total. The van der Waals surface area contributed by atoms with Crippen LogP contribution in [0, 0.1) is 0 Å². The van der Waals surface area contributed by atoms with Gasteiger partial charge < -0.3 is 45.4 Å². The van der Waals surface area contributed by atoms with Gasteiger partial charge in [0.05, 0.1) is 25.4 Å². The van der Waals surface area contributed by atoms with Crippen molar-refractivity contribution >= 4 is 5.91 Å². The molecule has 1 aliphatic rings. The predicted octanol–water partition coefficient (Wildman–Crippen LogP) is 13.7. The number of allylic oxidation sites excluding steroid dienone is 5. The predicted molar refractivity (Wildman–Crippen MR) is 292 cm³/mol. The van der Waals surface area contributed by atoms with Gasteiger partial charge in [0.25, 0.3) is 0 Å². The number of hydrogen-bond acceptors (Lipinski definition) is 9. The molecule has 1 fully saturated rings. The van der Waals surface area contributed by atoms with Crippen molar-refractivity contribution in [1.82, 2.24) is 5.32 Å². The summed E-state index contributed by atoms with van der Waals surface area (Å²) in [6.07, 6.45) is 54.1. The van der Waals surface area contributed by atoms with Crippen LogP contribution in [0.25, 0.3) is 0 Å². The first kappa shape index (κ1) is 66.4. The first-order valence-corrected chi connectivity index (χ1v) is 29.8. The lowest BCUT2D eigenvalue weighted by Crippen LogP contribution is -2.60. The molecule has 8 atom stereocenters. The maximum Gasteiger partial charge on any atom is 0.249 e. The Balaban J connectivity index is 2.20. The van der Waals surface area contributed by atoms with E-state index in [4.69, 9.17) is 9.47 Å². The Kier molecular flexibility index (Phi) is 47.0. The van der Waals surface area contributed by atoms with Crippen LogP contribution in [0.4, 0.5) is 0 Å². The minimum absolute atomic E-state index is 0.305. The molecule has 1 heterocycles. The van der Waals surface area contributed by atoms with Gasteiger partial charge in [-0.25, -0.2) is 0 Å². The fourth-order valence-electron chi connectivity index (χ4n) is 9.47. The molecule has 0 radical (unpaired) electrons. The first-order valence-electron chi connectivity index (χ1n) is 29.8. The van der Waals surface area contributed by atoms with Crippen molar-refractivity contribution in [2.75, 3.05) is 13.2 Å². The van der Waals surface area contributed by atoms with E-state index in [1.54, 1.807) is 6.08 Å². The van der Waals surface area contributed by atoms with Crippen molar-refractivity contribution in [3.05, 3.63) is 36.5 Å². The van der Waals surface area contributed by atoms with Crippen LogP contribution >= 0.6 is 0 Å². The Morgan fingerprint density at radius 3 is 1.24 bits per heavy atom. The quantitative estimate of drug-likeness (QED) is 0.0232. The SMILES string of the molecule is CCCCCCCCCCC/C=C/CC/C=C/C(O)C(COC1OC(CO)C(O)C(O)C1O)NC(=O)C(O)CCCCCCCCCCCCCCCC/C=C\CCCCCCCCCCCCCC. The lowest BCUT2D eigenvalue weighted by atomic mass is 9.99. The lowest BCUT2D eigenvalue weighted by molar-refractivity contribution is -0.302. The summed E-state index contributed by atoms with van der Waals surface area (Å²) >= 11 is 0. The molecule has 0 bridgehead atoms. The van der Waals surface area contributed by atoms with E-state index in [1.165, 1.54) is 212 Å². The maximum absolute atomic E-state index is 13.1. The van der Waals surface area contributed by atoms with Crippen LogP contribution in [0.3, 0.4) is 0 Å². The van der Waals surface area contributed by atoms with Gasteiger partial charge in [0, 0.05) is 0 Å². The topological polar surface area (TPSA) is 169 Å². The summed E-state index contributed by atoms with van der Waals surface area (Å²) in [6.45, 7) is 3.62. The molecule has 1 amide bonds. The molecule has 0 spiro atoms. The monoisotopic (exact) mass is 992 g/mol. The van der Waals surface area contributed by atoms with Gasteiger partial charge in [0.1, 0.15) is 30.5 Å². The largest absolute Gasteiger partial charge is 0.394 e. The molecule has 10 heteroatoms. The normalized spacial score (nSPS) is 20.0. The van der Waals surface area contributed by atoms with Gasteiger partial charge in [-0.15, -0.1) is 0 Å². The van der Waals surface area contributed by atoms with Gasteiger partial charge in [-0.2, -0.15) is 0 Å². The van der Waals surface area contributed by atoms with E-state index in [0.29, 0.717) is 19.3 Å². The maximum atomic E-state index is 13.1. The summed E-state index contributed by atoms with van der Waals surface area (Å²) in [5, 5.41) is 65.0. The molecule has 0 aromatic heterocycles. The first-order chi connectivity index (χ1) is 34.3. The molecule has 1 aliphatic heterocycles. The molecule has 1 saturated heterocycles. The summed E-state index contributed by atoms with van der Waals surface area (Å²) in [5.74, 6) is -0.623. The van der Waals surface area contributed by atoms with E-state index in [-0.39, 0.29) is 6.61 Å². The second-order valence-corrected chi connectivity index (χ2v) is 20.9. The van der Waals surface area contributed by atoms with Crippen molar-refractivity contribution < 1.29 is 44.9 Å². The highest BCUT2D eigenvalue weighted by atomic mass is 16.7. The lowest BCUT2D eigenvalue weighted by Gasteiger charge is -2.40. The number of unbranched alkanes of at least 4 members (excludes halogenated alkanes) is 36. The van der Waals surface area contributed by atoms with Crippen LogP contribution in [-0.2, 0) is 14.3 Å². The Morgan fingerprint density at radius 2 is 0.843 bits per heavy atom. The molecular weight excluding hydrogens is 879 g/mol. The molecule has 0 aliphatic carbocycles. The van der Waals surface area contributed by atoms with E-state index in [0.717, 1.165) is 32.1 Å². The molecule has 10 nitrogen and oxygen atoms in total. The fourth-order valence-corrected chi connectivity index (χ4v) is 9.47. The van der Waals surface area contributed by atoms with Crippen LogP contribution in [-0.4, -0.2) is 98.7 Å². The van der Waals surface area contributed by atoms with Gasteiger partial charge in [-0.05, 0) is 57.8 Å². The number of carbonyl (C=O) groups is 1. The van der Waals surface area contributed by atoms with Gasteiger partial charge in [-0.1, -0.05) is 256 Å². The Hall–Kier alpha value is -1.63. The number of carbonyl (C=O) groups excluding carboxylic acids is 1. The highest BCUT2D eigenvalue weighted by Gasteiger charge is 2.44. The van der Waals surface area contributed by atoms with Crippen molar-refractivity contribution in [2.24, 2.45) is 0 Å². The third kappa shape index (κ3) is 38.0. The number of ether oxygens (including phenoxy) is 2. The highest BCUT2D eigenvalue weighted by Crippen LogP contribution is 2.23. The zero-order valence-corrected chi connectivity index (χ0v) is 45.4. The molecular formula is C60H113NO9. The van der Waals surface area contributed by atoms with Crippen molar-refractivity contribution in [1.29, 1.82) is 0 Å². The van der Waals surface area contributed by atoms with Crippen molar-refractivity contribution in [3.63, 3.8) is 0 Å². The minimum atomic E-state index is -1.62. The van der Waals surface area contributed by atoms with Crippen molar-refractivity contribution in [2.45, 2.75) is 326 Å².